The molecule has 0 atom stereocenters. The summed E-state index contributed by atoms with van der Waals surface area (Å²) in [6.07, 6.45) is 29.0. The van der Waals surface area contributed by atoms with Crippen LogP contribution in [0.3, 0.4) is 0 Å². The Bertz CT molecular complexity index is 5740. The third-order valence-corrected chi connectivity index (χ3v) is 23.5. The average Bonchev–Trinajstić information content (AvgIpc) is 1.00. The number of hydrogen-bond acceptors (Lipinski definition) is 15. The van der Waals surface area contributed by atoms with E-state index < -0.39 is 16.8 Å². The Kier molecular flexibility index (Phi) is 22.1. The Morgan fingerprint density at radius 3 is 1.18 bits per heavy atom. The van der Waals surface area contributed by atoms with Crippen LogP contribution in [0.25, 0.3) is 54.9 Å². The van der Waals surface area contributed by atoms with Gasteiger partial charge in [0, 0.05) is 95.5 Å². The molecule has 3 aromatic carbocycles. The minimum Gasteiger partial charge on any atom is -0.390 e. The van der Waals surface area contributed by atoms with E-state index in [1.807, 2.05) is 134 Å². The zero-order valence-electron chi connectivity index (χ0n) is 63.2. The molecule has 9 heterocycles. The first-order valence-corrected chi connectivity index (χ1v) is 38.2. The van der Waals surface area contributed by atoms with Crippen LogP contribution in [0, 0.1) is 23.7 Å². The maximum absolute atomic E-state index is 13.0. The quantitative estimate of drug-likeness (QED) is 0.0262. The summed E-state index contributed by atoms with van der Waals surface area (Å²) in [5.41, 5.74) is 7.07. The van der Waals surface area contributed by atoms with Gasteiger partial charge in [0.2, 0.25) is 0 Å². The number of benzene rings is 3. The summed E-state index contributed by atoms with van der Waals surface area (Å²) in [6, 6.07) is 35.0. The van der Waals surface area contributed by atoms with Crippen LogP contribution in [0.4, 0.5) is 0 Å². The fourth-order valence-electron chi connectivity index (χ4n) is 17.4. The van der Waals surface area contributed by atoms with Crippen molar-refractivity contribution in [3.63, 3.8) is 0 Å². The normalized spacial score (nSPS) is 22.9. The molecule has 0 radical (unpaired) electrons. The Labute approximate surface area is 663 Å². The maximum Gasteiger partial charge on any atom is 0.272 e. The molecule has 580 valence electrons. The van der Waals surface area contributed by atoms with Gasteiger partial charge < -0.3 is 38.7 Å². The van der Waals surface area contributed by atoms with Crippen molar-refractivity contribution in [3.05, 3.63) is 253 Å². The number of aromatic nitrogens is 12. The van der Waals surface area contributed by atoms with Gasteiger partial charge >= 0.3 is 0 Å². The van der Waals surface area contributed by atoms with Crippen molar-refractivity contribution in [1.29, 1.82) is 0 Å². The van der Waals surface area contributed by atoms with Crippen LogP contribution in [-0.4, -0.2) is 127 Å². The molecule has 6 fully saturated rings. The standard InChI is InChI=1S/C28H31N5O3.C28H29N5O3.C23H20BrN5O2.C5H10O.CH3.Pd/c2*1-27(2,36)10-9-17-7-8-23-22(15-29-33(23)16-17)25(34)30-19-13-28(14-19)11-18(12-28)24-20-5-3-4-6-21(20)26(35)32-31-24;24-14-5-6-19-18(11-25-29(19)12-14)21(30)26-15-9-23(10-15)7-13(8-23)20-16-3-1-2-4-17(16)22(31)28-27-20;1-4-5(2,3)6;;/h3-8,15-16,18-19,36H,9-14H2,1-2H3,(H,30,34)(H,32,35);3-10,15-16,18-19,36H,11-14H2,1-2H3,(H,30,34)(H,32,35);1-6,11-13,15H,7-10H2,(H,26,30)(H,28,31);4,6H,1H2,2-3H3;1H3;/q;;;;-1;/b;10-9+;;;;. The largest absolute Gasteiger partial charge is 0.390 e. The molecule has 9 N–H and O–H groups in total. The number of aromatic amines is 3. The van der Waals surface area contributed by atoms with E-state index in [2.05, 4.69) is 84.3 Å². The molecule has 3 amide bonds. The molecule has 3 spiro atoms. The second-order valence-corrected chi connectivity index (χ2v) is 34.1. The first-order valence-electron chi connectivity index (χ1n) is 37.4. The van der Waals surface area contributed by atoms with Crippen LogP contribution < -0.4 is 32.6 Å². The summed E-state index contributed by atoms with van der Waals surface area (Å²) in [6.45, 7) is 13.8. The van der Waals surface area contributed by atoms with E-state index in [0.717, 1.165) is 149 Å². The first-order chi connectivity index (χ1) is 52.0. The number of pyridine rings is 3. The Hall–Kier alpha value is -9.94. The predicted octanol–water partition coefficient (Wildman–Crippen LogP) is 12.7. The zero-order chi connectivity index (χ0) is 76.5. The van der Waals surface area contributed by atoms with Gasteiger partial charge in [0.1, 0.15) is 0 Å². The fourth-order valence-corrected chi connectivity index (χ4v) is 17.8. The van der Waals surface area contributed by atoms with E-state index in [9.17, 15) is 39.0 Å². The molecule has 6 aliphatic rings. The van der Waals surface area contributed by atoms with Gasteiger partial charge in [0.25, 0.3) is 34.4 Å². The SMILES string of the molecule is C=CC(C)(C)O.CC(C)(O)/C=C/c1ccc2c(C(=O)NC3CC4(C3)CC(c3n[nH]c(=O)c5ccccc35)C4)cnn2c1.CC(C)(O)CCc1ccc2c(C(=O)NC3CC4(C3)CC(c3n[nH]c(=O)c5ccccc35)C4)cnn2c1.O=C(NC1CC2(C1)CC(c1n[nH]c(=O)c3ccccc13)C2)c1cnn2cc(Br)ccc12.[CH3-].[Pd]. The van der Waals surface area contributed by atoms with Crippen molar-refractivity contribution in [2.24, 2.45) is 16.2 Å². The predicted molar refractivity (Wildman–Crippen MR) is 428 cm³/mol. The summed E-state index contributed by atoms with van der Waals surface area (Å²) in [7, 11) is 0. The number of amides is 3. The number of halogens is 1. The molecule has 0 aliphatic heterocycles. The summed E-state index contributed by atoms with van der Waals surface area (Å²) >= 11 is 3.42. The van der Waals surface area contributed by atoms with E-state index in [-0.39, 0.29) is 96.6 Å². The Morgan fingerprint density at radius 1 is 0.495 bits per heavy atom. The Balaban J connectivity index is 0.000000140. The number of nitrogens with one attached hydrogen (secondary N) is 6. The molecular formula is C85H93BrN15O9Pd-. The van der Waals surface area contributed by atoms with Crippen molar-refractivity contribution in [2.75, 3.05) is 0 Å². The van der Waals surface area contributed by atoms with Gasteiger partial charge in [-0.3, -0.25) is 28.8 Å². The summed E-state index contributed by atoms with van der Waals surface area (Å²) in [4.78, 5) is 75.0. The van der Waals surface area contributed by atoms with Crippen LogP contribution in [0.5, 0.6) is 0 Å². The number of nitrogens with zero attached hydrogens (tertiary/aromatic N) is 9. The molecule has 6 saturated carbocycles. The monoisotopic (exact) mass is 1650 g/mol. The zero-order valence-corrected chi connectivity index (χ0v) is 66.3. The average molecular weight is 1660 g/mol. The molecule has 0 unspecified atom stereocenters. The number of aryl methyl sites for hydroxylation is 1. The molecule has 18 rings (SSSR count). The summed E-state index contributed by atoms with van der Waals surface area (Å²) < 4.78 is 6.06. The van der Waals surface area contributed by atoms with Crippen LogP contribution in [0.1, 0.15) is 202 Å². The number of hydrogen-bond donors (Lipinski definition) is 9. The van der Waals surface area contributed by atoms with Crippen molar-refractivity contribution in [1.82, 2.24) is 75.4 Å². The van der Waals surface area contributed by atoms with Crippen LogP contribution in [0.2, 0.25) is 0 Å². The number of carbonyl (C=O) groups excluding carboxylic acids is 3. The van der Waals surface area contributed by atoms with E-state index >= 15 is 0 Å². The van der Waals surface area contributed by atoms with E-state index in [1.54, 1.807) is 79.8 Å². The molecule has 0 bridgehead atoms. The minimum absolute atomic E-state index is 0. The van der Waals surface area contributed by atoms with Crippen molar-refractivity contribution in [2.45, 2.75) is 184 Å². The third-order valence-electron chi connectivity index (χ3n) is 23.0. The molecular weight excluding hydrogens is 1560 g/mol. The number of aliphatic hydroxyl groups is 3. The van der Waals surface area contributed by atoms with Gasteiger partial charge in [0.15, 0.2) is 0 Å². The maximum atomic E-state index is 13.0. The number of rotatable bonds is 15. The molecule has 9 aromatic heterocycles. The fraction of sp³-hybridized carbons (Fsp3) is 0.376. The molecule has 12 aromatic rings. The summed E-state index contributed by atoms with van der Waals surface area (Å²) in [5.74, 6) is 0.779. The summed E-state index contributed by atoms with van der Waals surface area (Å²) in [5, 5.41) is 77.2. The molecule has 24 nitrogen and oxygen atoms in total. The van der Waals surface area contributed by atoms with Crippen LogP contribution in [-0.2, 0) is 26.8 Å². The smallest absolute Gasteiger partial charge is 0.272 e. The molecule has 6 aliphatic carbocycles. The number of H-pyrrole nitrogens is 3. The minimum atomic E-state index is -0.894. The molecule has 111 heavy (non-hydrogen) atoms. The number of fused-ring (bicyclic) bond motifs is 6. The van der Waals surface area contributed by atoms with Crippen molar-refractivity contribution < 1.29 is 50.1 Å². The van der Waals surface area contributed by atoms with Gasteiger partial charge in [-0.1, -0.05) is 85.0 Å². The third kappa shape index (κ3) is 16.8. The van der Waals surface area contributed by atoms with Crippen molar-refractivity contribution >= 4 is 88.6 Å². The van der Waals surface area contributed by atoms with Gasteiger partial charge in [0.05, 0.1) is 102 Å². The van der Waals surface area contributed by atoms with Crippen molar-refractivity contribution in [3.8, 4) is 0 Å². The van der Waals surface area contributed by atoms with Gasteiger partial charge in [-0.2, -0.15) is 30.6 Å². The van der Waals surface area contributed by atoms with Crippen LogP contribution >= 0.6 is 15.9 Å². The second kappa shape index (κ2) is 31.0. The Morgan fingerprint density at radius 2 is 0.829 bits per heavy atom. The molecule has 0 saturated heterocycles. The van der Waals surface area contributed by atoms with E-state index in [0.29, 0.717) is 57.0 Å². The number of carbonyl (C=O) groups is 3. The molecule has 26 heteroatoms. The van der Waals surface area contributed by atoms with E-state index in [1.165, 1.54) is 6.08 Å². The van der Waals surface area contributed by atoms with Gasteiger partial charge in [-0.05, 0) is 217 Å². The van der Waals surface area contributed by atoms with Gasteiger partial charge in [-0.15, -0.1) is 6.58 Å². The van der Waals surface area contributed by atoms with E-state index in [4.69, 9.17) is 5.11 Å². The van der Waals surface area contributed by atoms with Gasteiger partial charge in [-0.25, -0.2) is 28.8 Å². The topological polar surface area (TPSA) is 337 Å². The van der Waals surface area contributed by atoms with Crippen LogP contribution in [0.15, 0.2) is 184 Å². The first kappa shape index (κ1) is 79.2. The second-order valence-electron chi connectivity index (χ2n) is 33.2.